The quantitative estimate of drug-likeness (QED) is 0.0783. The summed E-state index contributed by atoms with van der Waals surface area (Å²) in [6.07, 6.45) is 22.5. The van der Waals surface area contributed by atoms with E-state index in [1.54, 1.807) is 0 Å². The Labute approximate surface area is 177 Å². The molecule has 1 nitrogen and oxygen atoms in total. The van der Waals surface area contributed by atoms with Gasteiger partial charge in [0.05, 0.1) is 6.61 Å². The Morgan fingerprint density at radius 1 is 0.667 bits per heavy atom. The van der Waals surface area contributed by atoms with E-state index < -0.39 is 7.38 Å². The molecule has 0 spiro atoms. The predicted molar refractivity (Wildman–Crippen MR) is 128 cm³/mol. The molecule has 0 saturated carbocycles. The maximum absolute atomic E-state index is 6.36. The highest BCUT2D eigenvalue weighted by Gasteiger charge is 2.15. The number of unbranched alkanes of at least 4 members (excludes halogenated alkanes) is 15. The molecule has 27 heavy (non-hydrogen) atoms. The van der Waals surface area contributed by atoms with E-state index in [0.717, 1.165) is 18.8 Å². The van der Waals surface area contributed by atoms with Crippen molar-refractivity contribution in [3.63, 3.8) is 0 Å². The first-order valence-electron chi connectivity index (χ1n) is 11.8. The van der Waals surface area contributed by atoms with Gasteiger partial charge >= 0.3 is 0 Å². The van der Waals surface area contributed by atoms with Crippen LogP contribution in [0.5, 0.6) is 0 Å². The summed E-state index contributed by atoms with van der Waals surface area (Å²) in [7, 11) is -1.31. The van der Waals surface area contributed by atoms with Gasteiger partial charge in [0.2, 0.25) is 0 Å². The average Bonchev–Trinajstić information content (AvgIpc) is 2.58. The molecule has 0 aromatic heterocycles. The maximum atomic E-state index is 6.36. The zero-order chi connectivity index (χ0) is 20.2. The highest BCUT2D eigenvalue weighted by atomic mass is 35.6. The molecule has 3 heteroatoms. The van der Waals surface area contributed by atoms with Gasteiger partial charge in [0.15, 0.2) is 0 Å². The van der Waals surface area contributed by atoms with Crippen LogP contribution >= 0.6 is 11.1 Å². The molecule has 0 heterocycles. The van der Waals surface area contributed by atoms with E-state index in [0.29, 0.717) is 0 Å². The van der Waals surface area contributed by atoms with Gasteiger partial charge in [-0.15, -0.1) is 0 Å². The van der Waals surface area contributed by atoms with Gasteiger partial charge in [-0.25, -0.2) is 0 Å². The lowest BCUT2D eigenvalue weighted by molar-refractivity contribution is 0.151. The number of ether oxygens (including phenoxy) is 1. The second-order valence-corrected chi connectivity index (χ2v) is 16.1. The Kier molecular flexibility index (Phi) is 19.7. The van der Waals surface area contributed by atoms with E-state index in [9.17, 15) is 0 Å². The van der Waals surface area contributed by atoms with Gasteiger partial charge in [0.1, 0.15) is 7.38 Å². The Balaban J connectivity index is 3.04. The van der Waals surface area contributed by atoms with Gasteiger partial charge in [-0.2, -0.15) is 11.1 Å². The minimum absolute atomic E-state index is 0.730. The molecule has 0 aliphatic rings. The normalized spacial score (nSPS) is 11.9. The standard InChI is InChI=1S/C24H49ClOSi/c1-24(2)23-26-21-19-17-15-13-11-9-7-5-6-8-10-12-14-16-18-20-22-27(3,4)25/h1,5-23H2,2-4H3. The van der Waals surface area contributed by atoms with Gasteiger partial charge in [-0.1, -0.05) is 122 Å². The van der Waals surface area contributed by atoms with Crippen LogP contribution in [0.4, 0.5) is 0 Å². The van der Waals surface area contributed by atoms with E-state index >= 15 is 0 Å². The van der Waals surface area contributed by atoms with Crippen molar-refractivity contribution in [2.45, 2.75) is 129 Å². The molecule has 0 saturated heterocycles. The minimum Gasteiger partial charge on any atom is -0.377 e. The van der Waals surface area contributed by atoms with Crippen LogP contribution < -0.4 is 0 Å². The van der Waals surface area contributed by atoms with E-state index in [-0.39, 0.29) is 0 Å². The summed E-state index contributed by atoms with van der Waals surface area (Å²) in [5.74, 6) is 0. The molecule has 162 valence electrons. The number of halogens is 1. The predicted octanol–water partition coefficient (Wildman–Crippen LogP) is 9.26. The van der Waals surface area contributed by atoms with Gasteiger partial charge in [-0.3, -0.25) is 0 Å². The van der Waals surface area contributed by atoms with Crippen LogP contribution in [-0.2, 0) is 4.74 Å². The van der Waals surface area contributed by atoms with Crippen molar-refractivity contribution in [3.05, 3.63) is 12.2 Å². The van der Waals surface area contributed by atoms with Crippen molar-refractivity contribution >= 4 is 18.5 Å². The van der Waals surface area contributed by atoms with Crippen molar-refractivity contribution in [2.24, 2.45) is 0 Å². The van der Waals surface area contributed by atoms with Crippen molar-refractivity contribution in [1.29, 1.82) is 0 Å². The molecule has 0 aromatic carbocycles. The zero-order valence-electron chi connectivity index (χ0n) is 18.9. The van der Waals surface area contributed by atoms with Crippen LogP contribution in [-0.4, -0.2) is 20.6 Å². The molecule has 0 atom stereocenters. The third-order valence-corrected chi connectivity index (χ3v) is 7.27. The molecule has 0 aliphatic heterocycles. The highest BCUT2D eigenvalue weighted by Crippen LogP contribution is 2.19. The Morgan fingerprint density at radius 3 is 1.33 bits per heavy atom. The molecule has 0 aromatic rings. The summed E-state index contributed by atoms with van der Waals surface area (Å²) >= 11 is 6.36. The van der Waals surface area contributed by atoms with E-state index in [4.69, 9.17) is 15.8 Å². The first kappa shape index (κ1) is 27.2. The fourth-order valence-electron chi connectivity index (χ4n) is 3.47. The summed E-state index contributed by atoms with van der Waals surface area (Å²) in [5.41, 5.74) is 1.12. The Bertz CT molecular complexity index is 325. The molecule has 0 amide bonds. The molecular formula is C24H49ClOSi. The van der Waals surface area contributed by atoms with Crippen molar-refractivity contribution in [2.75, 3.05) is 13.2 Å². The van der Waals surface area contributed by atoms with Crippen molar-refractivity contribution < 1.29 is 4.74 Å². The van der Waals surface area contributed by atoms with Crippen LogP contribution in [0.25, 0.3) is 0 Å². The fourth-order valence-corrected chi connectivity index (χ4v) is 4.96. The number of rotatable bonds is 21. The van der Waals surface area contributed by atoms with Gasteiger partial charge in [-0.05, 0) is 19.4 Å². The van der Waals surface area contributed by atoms with E-state index in [2.05, 4.69) is 19.7 Å². The third-order valence-electron chi connectivity index (χ3n) is 5.16. The molecule has 0 unspecified atom stereocenters. The van der Waals surface area contributed by atoms with Gasteiger partial charge < -0.3 is 4.74 Å². The maximum Gasteiger partial charge on any atom is 0.150 e. The summed E-state index contributed by atoms with van der Waals surface area (Å²) < 4.78 is 5.53. The molecule has 0 bridgehead atoms. The lowest BCUT2D eigenvalue weighted by Gasteiger charge is -2.11. The molecule has 0 rings (SSSR count). The molecule has 0 aliphatic carbocycles. The second kappa shape index (κ2) is 19.5. The molecular weight excluding hydrogens is 368 g/mol. The number of hydrogen-bond donors (Lipinski definition) is 0. The van der Waals surface area contributed by atoms with Crippen molar-refractivity contribution in [3.8, 4) is 0 Å². The fraction of sp³-hybridized carbons (Fsp3) is 0.917. The van der Waals surface area contributed by atoms with Crippen LogP contribution in [0.2, 0.25) is 19.1 Å². The SMILES string of the molecule is C=C(C)COCCCCCCCCCCCCCCCCCC[Si](C)(C)Cl. The smallest absolute Gasteiger partial charge is 0.150 e. The molecule has 0 N–H and O–H groups in total. The van der Waals surface area contributed by atoms with Gasteiger partial charge in [0, 0.05) is 6.61 Å². The topological polar surface area (TPSA) is 9.23 Å². The highest BCUT2D eigenvalue weighted by molar-refractivity contribution is 7.19. The zero-order valence-corrected chi connectivity index (χ0v) is 20.7. The largest absolute Gasteiger partial charge is 0.377 e. The van der Waals surface area contributed by atoms with Crippen molar-refractivity contribution in [1.82, 2.24) is 0 Å². The Hall–Kier alpha value is 0.207. The second-order valence-electron chi connectivity index (χ2n) is 9.14. The minimum atomic E-state index is -1.31. The van der Waals surface area contributed by atoms with E-state index in [1.807, 2.05) is 6.92 Å². The first-order valence-corrected chi connectivity index (χ1v) is 16.0. The van der Waals surface area contributed by atoms with Gasteiger partial charge in [0.25, 0.3) is 0 Å². The molecule has 0 radical (unpaired) electrons. The van der Waals surface area contributed by atoms with Crippen LogP contribution in [0.3, 0.4) is 0 Å². The molecule has 0 fully saturated rings. The third kappa shape index (κ3) is 26.2. The first-order chi connectivity index (χ1) is 12.9. The van der Waals surface area contributed by atoms with Crippen LogP contribution in [0.15, 0.2) is 12.2 Å². The summed E-state index contributed by atoms with van der Waals surface area (Å²) in [6.45, 7) is 12.0. The summed E-state index contributed by atoms with van der Waals surface area (Å²) in [5, 5.41) is 0. The summed E-state index contributed by atoms with van der Waals surface area (Å²) in [6, 6.07) is 1.29. The summed E-state index contributed by atoms with van der Waals surface area (Å²) in [4.78, 5) is 0. The Morgan fingerprint density at radius 2 is 1.00 bits per heavy atom. The lowest BCUT2D eigenvalue weighted by atomic mass is 10.0. The van der Waals surface area contributed by atoms with Crippen LogP contribution in [0, 0.1) is 0 Å². The number of hydrogen-bond acceptors (Lipinski definition) is 1. The van der Waals surface area contributed by atoms with E-state index in [1.165, 1.54) is 109 Å². The average molecular weight is 417 g/mol. The van der Waals surface area contributed by atoms with Crippen LogP contribution in [0.1, 0.15) is 110 Å². The lowest BCUT2D eigenvalue weighted by Crippen LogP contribution is -2.14. The monoisotopic (exact) mass is 416 g/mol.